The molecular formula is C9H18O. The van der Waals surface area contributed by atoms with Gasteiger partial charge in [0.1, 0.15) is 0 Å². The molecule has 2 atom stereocenters. The third-order valence-corrected chi connectivity index (χ3v) is 2.48. The molecule has 0 aromatic rings. The van der Waals surface area contributed by atoms with E-state index in [-0.39, 0.29) is 0 Å². The number of aliphatic hydroxyl groups excluding tert-OH is 1. The molecule has 0 radical (unpaired) electrons. The van der Waals surface area contributed by atoms with Crippen LogP contribution < -0.4 is 0 Å². The summed E-state index contributed by atoms with van der Waals surface area (Å²) >= 11 is 0. The molecule has 60 valence electrons. The van der Waals surface area contributed by atoms with Gasteiger partial charge in [-0.1, -0.05) is 32.6 Å². The predicted octanol–water partition coefficient (Wildman–Crippen LogP) is 2.20. The summed E-state index contributed by atoms with van der Waals surface area (Å²) in [6.45, 7) is 2.66. The minimum Gasteiger partial charge on any atom is -0.396 e. The second kappa shape index (κ2) is 3.97. The van der Waals surface area contributed by atoms with E-state index in [0.29, 0.717) is 12.5 Å². The van der Waals surface area contributed by atoms with Crippen LogP contribution in [0.4, 0.5) is 0 Å². The van der Waals surface area contributed by atoms with Crippen LogP contribution in [-0.2, 0) is 0 Å². The van der Waals surface area contributed by atoms with Crippen molar-refractivity contribution in [2.45, 2.75) is 39.0 Å². The van der Waals surface area contributed by atoms with Gasteiger partial charge in [-0.05, 0) is 18.3 Å². The predicted molar refractivity (Wildman–Crippen MR) is 42.8 cm³/mol. The highest BCUT2D eigenvalue weighted by Gasteiger charge is 2.34. The maximum atomic E-state index is 8.73. The van der Waals surface area contributed by atoms with Crippen LogP contribution >= 0.6 is 0 Å². The van der Waals surface area contributed by atoms with Crippen LogP contribution in [0.15, 0.2) is 0 Å². The molecule has 0 heterocycles. The summed E-state index contributed by atoms with van der Waals surface area (Å²) in [4.78, 5) is 0. The lowest BCUT2D eigenvalue weighted by atomic mass is 10.1. The van der Waals surface area contributed by atoms with Gasteiger partial charge in [-0.3, -0.25) is 0 Å². The third-order valence-electron chi connectivity index (χ3n) is 2.48. The zero-order valence-corrected chi connectivity index (χ0v) is 6.84. The Labute approximate surface area is 63.4 Å². The fourth-order valence-corrected chi connectivity index (χ4v) is 1.54. The smallest absolute Gasteiger partial charge is 0.0462 e. The van der Waals surface area contributed by atoms with Gasteiger partial charge >= 0.3 is 0 Å². The van der Waals surface area contributed by atoms with Gasteiger partial charge in [0, 0.05) is 6.61 Å². The molecule has 1 heteroatoms. The van der Waals surface area contributed by atoms with E-state index >= 15 is 0 Å². The Bertz CT molecular complexity index is 90.7. The summed E-state index contributed by atoms with van der Waals surface area (Å²) < 4.78 is 0. The molecule has 1 nitrogen and oxygen atoms in total. The summed E-state index contributed by atoms with van der Waals surface area (Å²) in [6, 6.07) is 0. The van der Waals surface area contributed by atoms with E-state index in [1.165, 1.54) is 32.1 Å². The first-order valence-corrected chi connectivity index (χ1v) is 4.49. The molecule has 0 spiro atoms. The van der Waals surface area contributed by atoms with Crippen molar-refractivity contribution >= 4 is 0 Å². The molecular weight excluding hydrogens is 124 g/mol. The van der Waals surface area contributed by atoms with Gasteiger partial charge in [0.25, 0.3) is 0 Å². The fourth-order valence-electron chi connectivity index (χ4n) is 1.54. The Balaban J connectivity index is 1.87. The first-order chi connectivity index (χ1) is 4.88. The molecule has 1 aliphatic rings. The summed E-state index contributed by atoms with van der Waals surface area (Å²) in [5.41, 5.74) is 0. The Morgan fingerprint density at radius 2 is 2.10 bits per heavy atom. The average molecular weight is 142 g/mol. The Morgan fingerprint density at radius 1 is 1.30 bits per heavy atom. The van der Waals surface area contributed by atoms with Gasteiger partial charge in [-0.15, -0.1) is 0 Å². The lowest BCUT2D eigenvalue weighted by Crippen LogP contribution is -1.88. The zero-order chi connectivity index (χ0) is 7.40. The molecule has 10 heavy (non-hydrogen) atoms. The Hall–Kier alpha value is -0.0400. The Kier molecular flexibility index (Phi) is 3.20. The van der Waals surface area contributed by atoms with E-state index < -0.39 is 0 Å². The van der Waals surface area contributed by atoms with Crippen LogP contribution in [0, 0.1) is 11.8 Å². The van der Waals surface area contributed by atoms with Gasteiger partial charge in [-0.25, -0.2) is 0 Å². The van der Waals surface area contributed by atoms with Gasteiger partial charge in [0.15, 0.2) is 0 Å². The van der Waals surface area contributed by atoms with Crippen molar-refractivity contribution in [1.82, 2.24) is 0 Å². The standard InChI is InChI=1S/C9H18O/c1-2-3-4-5-8-6-9(8)7-10/h8-10H,2-7H2,1H3/t8-,9-/m1/s1. The minimum absolute atomic E-state index is 0.427. The third kappa shape index (κ3) is 2.30. The van der Waals surface area contributed by atoms with E-state index in [4.69, 9.17) is 5.11 Å². The van der Waals surface area contributed by atoms with Gasteiger partial charge in [0.2, 0.25) is 0 Å². The van der Waals surface area contributed by atoms with Gasteiger partial charge in [-0.2, -0.15) is 0 Å². The minimum atomic E-state index is 0.427. The lowest BCUT2D eigenvalue weighted by molar-refractivity contribution is 0.267. The first kappa shape index (κ1) is 8.06. The van der Waals surface area contributed by atoms with Crippen molar-refractivity contribution in [2.24, 2.45) is 11.8 Å². The van der Waals surface area contributed by atoms with Crippen molar-refractivity contribution in [1.29, 1.82) is 0 Å². The highest BCUT2D eigenvalue weighted by molar-refractivity contribution is 4.84. The van der Waals surface area contributed by atoms with E-state index in [1.807, 2.05) is 0 Å². The van der Waals surface area contributed by atoms with Crippen LogP contribution in [0.5, 0.6) is 0 Å². The van der Waals surface area contributed by atoms with E-state index in [1.54, 1.807) is 0 Å². The van der Waals surface area contributed by atoms with Crippen LogP contribution in [-0.4, -0.2) is 11.7 Å². The van der Waals surface area contributed by atoms with E-state index in [0.717, 1.165) is 5.92 Å². The molecule has 1 aliphatic carbocycles. The Morgan fingerprint density at radius 3 is 2.60 bits per heavy atom. The second-order valence-corrected chi connectivity index (χ2v) is 3.43. The monoisotopic (exact) mass is 142 g/mol. The highest BCUT2D eigenvalue weighted by Crippen LogP contribution is 2.41. The van der Waals surface area contributed by atoms with Gasteiger partial charge < -0.3 is 5.11 Å². The molecule has 0 aliphatic heterocycles. The van der Waals surface area contributed by atoms with Crippen molar-refractivity contribution in [3.05, 3.63) is 0 Å². The molecule has 1 N–H and O–H groups in total. The van der Waals surface area contributed by atoms with Gasteiger partial charge in [0.05, 0.1) is 0 Å². The molecule has 0 amide bonds. The number of aliphatic hydroxyl groups is 1. The van der Waals surface area contributed by atoms with Crippen LogP contribution in [0.3, 0.4) is 0 Å². The van der Waals surface area contributed by atoms with Crippen molar-refractivity contribution in [3.63, 3.8) is 0 Å². The average Bonchev–Trinajstić information content (AvgIpc) is 2.68. The van der Waals surface area contributed by atoms with Crippen LogP contribution in [0.1, 0.15) is 39.0 Å². The summed E-state index contributed by atoms with van der Waals surface area (Å²) in [6.07, 6.45) is 6.71. The maximum Gasteiger partial charge on any atom is 0.0462 e. The van der Waals surface area contributed by atoms with Crippen LogP contribution in [0.25, 0.3) is 0 Å². The molecule has 0 saturated heterocycles. The SMILES string of the molecule is CCCCC[C@@H]1C[C@@H]1CO. The zero-order valence-electron chi connectivity index (χ0n) is 6.84. The van der Waals surface area contributed by atoms with Crippen LogP contribution in [0.2, 0.25) is 0 Å². The van der Waals surface area contributed by atoms with Crippen molar-refractivity contribution in [3.8, 4) is 0 Å². The molecule has 0 aromatic carbocycles. The molecule has 0 unspecified atom stereocenters. The number of unbranched alkanes of at least 4 members (excludes halogenated alkanes) is 2. The summed E-state index contributed by atoms with van der Waals surface area (Å²) in [5, 5.41) is 8.73. The second-order valence-electron chi connectivity index (χ2n) is 3.43. The van der Waals surface area contributed by atoms with E-state index in [2.05, 4.69) is 6.92 Å². The maximum absolute atomic E-state index is 8.73. The number of hydrogen-bond acceptors (Lipinski definition) is 1. The molecule has 1 rings (SSSR count). The topological polar surface area (TPSA) is 20.2 Å². The first-order valence-electron chi connectivity index (χ1n) is 4.49. The quantitative estimate of drug-likeness (QED) is 0.583. The molecule has 1 fully saturated rings. The molecule has 0 aromatic heterocycles. The van der Waals surface area contributed by atoms with Crippen molar-refractivity contribution in [2.75, 3.05) is 6.61 Å². The summed E-state index contributed by atoms with van der Waals surface area (Å²) in [5.74, 6) is 1.56. The summed E-state index contributed by atoms with van der Waals surface area (Å²) in [7, 11) is 0. The molecule has 1 saturated carbocycles. The van der Waals surface area contributed by atoms with E-state index in [9.17, 15) is 0 Å². The largest absolute Gasteiger partial charge is 0.396 e. The molecule has 0 bridgehead atoms. The lowest BCUT2D eigenvalue weighted by Gasteiger charge is -1.95. The fraction of sp³-hybridized carbons (Fsp3) is 1.00. The number of hydrogen-bond donors (Lipinski definition) is 1. The normalized spacial score (nSPS) is 30.6. The highest BCUT2D eigenvalue weighted by atomic mass is 16.3. The van der Waals surface area contributed by atoms with Crippen molar-refractivity contribution < 1.29 is 5.11 Å². The number of rotatable bonds is 5.